The van der Waals surface area contributed by atoms with Crippen molar-refractivity contribution >= 4 is 34.1 Å². The van der Waals surface area contributed by atoms with Crippen molar-refractivity contribution in [3.8, 4) is 11.3 Å². The number of aromatic amines is 1. The van der Waals surface area contributed by atoms with E-state index in [-0.39, 0.29) is 5.82 Å². The molecule has 0 radical (unpaired) electrons. The number of aromatic nitrogens is 1. The normalized spacial score (nSPS) is 11.3. The predicted octanol–water partition coefficient (Wildman–Crippen LogP) is 5.56. The fraction of sp³-hybridized carbons (Fsp3) is 0.222. The van der Waals surface area contributed by atoms with E-state index in [9.17, 15) is 4.39 Å². The van der Waals surface area contributed by atoms with Crippen LogP contribution in [0.2, 0.25) is 10.0 Å². The standard InChI is InChI=1S/C18H17Cl2FN2/c19-14-5-3-6-15(20)17(14)18-12(4-1-2-9-22)13-10-11(21)7-8-16(13)23-18/h3,5-8,10,23H,1-2,4,9,22H2. The minimum Gasteiger partial charge on any atom is -0.354 e. The van der Waals surface area contributed by atoms with Crippen LogP contribution in [0.1, 0.15) is 18.4 Å². The van der Waals surface area contributed by atoms with Gasteiger partial charge in [0.05, 0.1) is 15.7 Å². The van der Waals surface area contributed by atoms with E-state index < -0.39 is 0 Å². The number of halogens is 3. The first-order chi connectivity index (χ1) is 11.1. The first kappa shape index (κ1) is 16.3. The molecule has 0 aliphatic carbocycles. The molecule has 3 aromatic rings. The first-order valence-corrected chi connectivity index (χ1v) is 8.32. The first-order valence-electron chi connectivity index (χ1n) is 7.56. The lowest BCUT2D eigenvalue weighted by atomic mass is 10.00. The lowest BCUT2D eigenvalue weighted by Gasteiger charge is -2.09. The molecular formula is C18H17Cl2FN2. The molecule has 0 atom stereocenters. The van der Waals surface area contributed by atoms with Crippen LogP contribution in [0.5, 0.6) is 0 Å². The smallest absolute Gasteiger partial charge is 0.123 e. The van der Waals surface area contributed by atoms with Crippen molar-refractivity contribution in [1.29, 1.82) is 0 Å². The fourth-order valence-electron chi connectivity index (χ4n) is 2.88. The molecule has 23 heavy (non-hydrogen) atoms. The van der Waals surface area contributed by atoms with Crippen LogP contribution < -0.4 is 5.73 Å². The molecule has 1 aromatic heterocycles. The molecule has 2 aromatic carbocycles. The van der Waals surface area contributed by atoms with Gasteiger partial charge in [0.15, 0.2) is 0 Å². The molecule has 3 N–H and O–H groups in total. The van der Waals surface area contributed by atoms with E-state index in [1.54, 1.807) is 24.3 Å². The van der Waals surface area contributed by atoms with Gasteiger partial charge in [0, 0.05) is 16.5 Å². The Balaban J connectivity index is 2.20. The Morgan fingerprint density at radius 3 is 2.48 bits per heavy atom. The lowest BCUT2D eigenvalue weighted by Crippen LogP contribution is -1.99. The van der Waals surface area contributed by atoms with Gasteiger partial charge in [0.1, 0.15) is 5.82 Å². The predicted molar refractivity (Wildman–Crippen MR) is 95.7 cm³/mol. The molecule has 0 aliphatic heterocycles. The summed E-state index contributed by atoms with van der Waals surface area (Å²) in [5.74, 6) is -0.256. The van der Waals surface area contributed by atoms with Crippen LogP contribution >= 0.6 is 23.2 Å². The average Bonchev–Trinajstić information content (AvgIpc) is 2.85. The highest BCUT2D eigenvalue weighted by atomic mass is 35.5. The van der Waals surface area contributed by atoms with E-state index in [1.807, 2.05) is 6.07 Å². The van der Waals surface area contributed by atoms with Crippen molar-refractivity contribution < 1.29 is 4.39 Å². The number of hydrogen-bond acceptors (Lipinski definition) is 1. The summed E-state index contributed by atoms with van der Waals surface area (Å²) in [7, 11) is 0. The maximum Gasteiger partial charge on any atom is 0.123 e. The summed E-state index contributed by atoms with van der Waals surface area (Å²) < 4.78 is 13.7. The zero-order chi connectivity index (χ0) is 16.4. The minimum absolute atomic E-state index is 0.256. The summed E-state index contributed by atoms with van der Waals surface area (Å²) in [5, 5.41) is 2.02. The second kappa shape index (κ2) is 6.91. The molecular weight excluding hydrogens is 334 g/mol. The number of benzene rings is 2. The van der Waals surface area contributed by atoms with E-state index >= 15 is 0 Å². The summed E-state index contributed by atoms with van der Waals surface area (Å²) >= 11 is 12.7. The molecule has 120 valence electrons. The number of fused-ring (bicyclic) bond motifs is 1. The van der Waals surface area contributed by atoms with E-state index in [0.29, 0.717) is 16.6 Å². The third-order valence-electron chi connectivity index (χ3n) is 3.96. The molecule has 0 unspecified atom stereocenters. The van der Waals surface area contributed by atoms with Crippen molar-refractivity contribution in [2.45, 2.75) is 19.3 Å². The lowest BCUT2D eigenvalue weighted by molar-refractivity contribution is 0.629. The molecule has 0 bridgehead atoms. The van der Waals surface area contributed by atoms with Gasteiger partial charge < -0.3 is 10.7 Å². The Hall–Kier alpha value is -1.55. The number of rotatable bonds is 5. The van der Waals surface area contributed by atoms with E-state index in [1.165, 1.54) is 6.07 Å². The maximum absolute atomic E-state index is 13.7. The minimum atomic E-state index is -0.256. The summed E-state index contributed by atoms with van der Waals surface area (Å²) in [5.41, 5.74) is 9.12. The Morgan fingerprint density at radius 1 is 1.04 bits per heavy atom. The SMILES string of the molecule is NCCCCc1c(-c2c(Cl)cccc2Cl)[nH]c2ccc(F)cc12. The van der Waals surface area contributed by atoms with Crippen molar-refractivity contribution in [1.82, 2.24) is 4.98 Å². The van der Waals surface area contributed by atoms with Gasteiger partial charge in [-0.25, -0.2) is 4.39 Å². The number of aryl methyl sites for hydroxylation is 1. The molecule has 0 fully saturated rings. The molecule has 0 saturated heterocycles. The summed E-state index contributed by atoms with van der Waals surface area (Å²) in [4.78, 5) is 3.35. The van der Waals surface area contributed by atoms with Crippen LogP contribution in [-0.4, -0.2) is 11.5 Å². The fourth-order valence-corrected chi connectivity index (χ4v) is 3.46. The third kappa shape index (κ3) is 3.23. The second-order valence-corrected chi connectivity index (χ2v) is 6.33. The van der Waals surface area contributed by atoms with Crippen molar-refractivity contribution in [3.63, 3.8) is 0 Å². The van der Waals surface area contributed by atoms with Crippen LogP contribution in [0.25, 0.3) is 22.2 Å². The molecule has 0 saturated carbocycles. The zero-order valence-corrected chi connectivity index (χ0v) is 14.0. The molecule has 0 spiro atoms. The topological polar surface area (TPSA) is 41.8 Å². The Morgan fingerprint density at radius 2 is 1.78 bits per heavy atom. The van der Waals surface area contributed by atoms with Gasteiger partial charge in [-0.3, -0.25) is 0 Å². The van der Waals surface area contributed by atoms with Crippen molar-refractivity contribution in [2.24, 2.45) is 5.73 Å². The third-order valence-corrected chi connectivity index (χ3v) is 4.59. The number of nitrogens with two attached hydrogens (primary N) is 1. The monoisotopic (exact) mass is 350 g/mol. The molecule has 5 heteroatoms. The van der Waals surface area contributed by atoms with Gasteiger partial charge in [0.2, 0.25) is 0 Å². The summed E-state index contributed by atoms with van der Waals surface area (Å²) in [6.07, 6.45) is 2.63. The number of H-pyrrole nitrogens is 1. The van der Waals surface area contributed by atoms with Crippen LogP contribution in [0, 0.1) is 5.82 Å². The Kier molecular flexibility index (Phi) is 4.90. The van der Waals surface area contributed by atoms with Gasteiger partial charge in [-0.15, -0.1) is 0 Å². The summed E-state index contributed by atoms with van der Waals surface area (Å²) in [6.45, 7) is 0.638. The second-order valence-electron chi connectivity index (χ2n) is 5.51. The number of nitrogens with one attached hydrogen (secondary N) is 1. The highest BCUT2D eigenvalue weighted by Gasteiger charge is 2.18. The molecule has 1 heterocycles. The van der Waals surface area contributed by atoms with Gasteiger partial charge in [0.25, 0.3) is 0 Å². The highest BCUT2D eigenvalue weighted by Crippen LogP contribution is 2.39. The van der Waals surface area contributed by atoms with Gasteiger partial charge in [-0.1, -0.05) is 29.3 Å². The molecule has 0 aliphatic rings. The Bertz CT molecular complexity index is 822. The van der Waals surface area contributed by atoms with Crippen molar-refractivity contribution in [2.75, 3.05) is 6.54 Å². The van der Waals surface area contributed by atoms with E-state index in [2.05, 4.69) is 4.98 Å². The maximum atomic E-state index is 13.7. The van der Waals surface area contributed by atoms with Crippen LogP contribution in [-0.2, 0) is 6.42 Å². The van der Waals surface area contributed by atoms with E-state index in [0.717, 1.165) is 47.0 Å². The molecule has 3 rings (SSSR count). The molecule has 2 nitrogen and oxygen atoms in total. The number of hydrogen-bond donors (Lipinski definition) is 2. The van der Waals surface area contributed by atoms with Gasteiger partial charge >= 0.3 is 0 Å². The van der Waals surface area contributed by atoms with Crippen molar-refractivity contribution in [3.05, 3.63) is 57.8 Å². The molecule has 0 amide bonds. The highest BCUT2D eigenvalue weighted by molar-refractivity contribution is 6.39. The van der Waals surface area contributed by atoms with Gasteiger partial charge in [-0.2, -0.15) is 0 Å². The van der Waals surface area contributed by atoms with Crippen LogP contribution in [0.3, 0.4) is 0 Å². The average molecular weight is 351 g/mol. The van der Waals surface area contributed by atoms with Gasteiger partial charge in [-0.05, 0) is 61.7 Å². The number of unbranched alkanes of at least 4 members (excludes halogenated alkanes) is 1. The summed E-state index contributed by atoms with van der Waals surface area (Å²) in [6, 6.07) is 10.2. The Labute approximate surface area is 144 Å². The van der Waals surface area contributed by atoms with E-state index in [4.69, 9.17) is 28.9 Å². The van der Waals surface area contributed by atoms with Crippen LogP contribution in [0.15, 0.2) is 36.4 Å². The zero-order valence-electron chi connectivity index (χ0n) is 12.5. The quantitative estimate of drug-likeness (QED) is 0.581. The largest absolute Gasteiger partial charge is 0.354 e. The van der Waals surface area contributed by atoms with Crippen LogP contribution in [0.4, 0.5) is 4.39 Å².